The fourth-order valence-electron chi connectivity index (χ4n) is 2.00. The zero-order valence-electron chi connectivity index (χ0n) is 12.8. The Morgan fingerprint density at radius 1 is 1.22 bits per heavy atom. The topological polar surface area (TPSA) is 47.6 Å². The predicted octanol–water partition coefficient (Wildman–Crippen LogP) is 5.55. The van der Waals surface area contributed by atoms with Crippen molar-refractivity contribution in [1.29, 1.82) is 0 Å². The molecule has 2 aromatic carbocycles. The van der Waals surface area contributed by atoms with Gasteiger partial charge in [-0.2, -0.15) is 8.78 Å². The molecule has 4 nitrogen and oxygen atoms in total. The van der Waals surface area contributed by atoms with Crippen LogP contribution in [0.5, 0.6) is 5.75 Å². The minimum Gasteiger partial charge on any atom is -0.444 e. The second kappa shape index (κ2) is 6.70. The molecule has 0 fully saturated rings. The summed E-state index contributed by atoms with van der Waals surface area (Å²) >= 11 is 3.32. The van der Waals surface area contributed by atoms with Gasteiger partial charge in [-0.3, -0.25) is 5.32 Å². The van der Waals surface area contributed by atoms with Crippen molar-refractivity contribution in [2.24, 2.45) is 0 Å². The van der Waals surface area contributed by atoms with Crippen molar-refractivity contribution >= 4 is 38.5 Å². The zero-order valence-corrected chi connectivity index (χ0v) is 14.4. The number of benzene rings is 2. The van der Waals surface area contributed by atoms with Gasteiger partial charge < -0.3 is 9.47 Å². The third-order valence-corrected chi connectivity index (χ3v) is 3.28. The quantitative estimate of drug-likeness (QED) is 0.750. The largest absolute Gasteiger partial charge is 0.444 e. The summed E-state index contributed by atoms with van der Waals surface area (Å²) in [6.07, 6.45) is -0.746. The Morgan fingerprint density at radius 3 is 2.48 bits per heavy atom. The van der Waals surface area contributed by atoms with Crippen LogP contribution in [0.25, 0.3) is 10.8 Å². The van der Waals surface area contributed by atoms with E-state index >= 15 is 0 Å². The van der Waals surface area contributed by atoms with E-state index < -0.39 is 18.3 Å². The molecule has 0 aromatic heterocycles. The average Bonchev–Trinajstić information content (AvgIpc) is 2.39. The minimum atomic E-state index is -3.00. The van der Waals surface area contributed by atoms with E-state index in [4.69, 9.17) is 4.74 Å². The van der Waals surface area contributed by atoms with Crippen LogP contribution in [0.2, 0.25) is 0 Å². The second-order valence-corrected chi connectivity index (χ2v) is 6.73. The third-order valence-electron chi connectivity index (χ3n) is 2.79. The Balaban J connectivity index is 2.47. The molecule has 124 valence electrons. The number of halogens is 3. The summed E-state index contributed by atoms with van der Waals surface area (Å²) in [5.41, 5.74) is -0.572. The molecule has 0 radical (unpaired) electrons. The molecule has 0 heterocycles. The lowest BCUT2D eigenvalue weighted by Crippen LogP contribution is -2.27. The lowest BCUT2D eigenvalue weighted by Gasteiger charge is -2.21. The van der Waals surface area contributed by atoms with Crippen LogP contribution < -0.4 is 10.1 Å². The van der Waals surface area contributed by atoms with Gasteiger partial charge in [0.25, 0.3) is 0 Å². The molecule has 0 unspecified atom stereocenters. The van der Waals surface area contributed by atoms with E-state index in [0.717, 1.165) is 9.86 Å². The first kappa shape index (κ1) is 17.5. The van der Waals surface area contributed by atoms with E-state index in [1.807, 2.05) is 6.07 Å². The number of fused-ring (bicyclic) bond motifs is 1. The van der Waals surface area contributed by atoms with Gasteiger partial charge in [0.05, 0.1) is 5.69 Å². The van der Waals surface area contributed by atoms with Crippen molar-refractivity contribution in [3.8, 4) is 5.75 Å². The third kappa shape index (κ3) is 4.79. The molecule has 0 bridgehead atoms. The van der Waals surface area contributed by atoms with Crippen LogP contribution in [-0.2, 0) is 4.74 Å². The van der Waals surface area contributed by atoms with Crippen LogP contribution in [0.4, 0.5) is 19.3 Å². The molecule has 2 rings (SSSR count). The minimum absolute atomic E-state index is 0.128. The number of carbonyl (C=O) groups excluding carboxylic acids is 1. The van der Waals surface area contributed by atoms with Crippen LogP contribution in [0, 0.1) is 0 Å². The van der Waals surface area contributed by atoms with Gasteiger partial charge in [0.1, 0.15) is 11.4 Å². The lowest BCUT2D eigenvalue weighted by molar-refractivity contribution is -0.0493. The van der Waals surface area contributed by atoms with E-state index in [1.54, 1.807) is 39.0 Å². The van der Waals surface area contributed by atoms with E-state index in [9.17, 15) is 13.6 Å². The van der Waals surface area contributed by atoms with Crippen molar-refractivity contribution in [3.05, 3.63) is 34.8 Å². The summed E-state index contributed by atoms with van der Waals surface area (Å²) in [5.74, 6) is -0.128. The molecule has 0 aliphatic rings. The van der Waals surface area contributed by atoms with E-state index in [-0.39, 0.29) is 11.4 Å². The van der Waals surface area contributed by atoms with E-state index in [1.165, 1.54) is 6.07 Å². The first-order valence-corrected chi connectivity index (χ1v) is 7.62. The Bertz CT molecular complexity index is 729. The van der Waals surface area contributed by atoms with Gasteiger partial charge in [-0.05, 0) is 44.4 Å². The molecule has 7 heteroatoms. The number of hydrogen-bond donors (Lipinski definition) is 1. The van der Waals surface area contributed by atoms with Gasteiger partial charge in [-0.15, -0.1) is 0 Å². The van der Waals surface area contributed by atoms with Crippen molar-refractivity contribution in [3.63, 3.8) is 0 Å². The predicted molar refractivity (Wildman–Crippen MR) is 88.1 cm³/mol. The smallest absolute Gasteiger partial charge is 0.412 e. The van der Waals surface area contributed by atoms with Gasteiger partial charge in [-0.1, -0.05) is 28.1 Å². The zero-order chi connectivity index (χ0) is 17.2. The lowest BCUT2D eigenvalue weighted by atomic mass is 10.1. The molecule has 1 N–H and O–H groups in total. The van der Waals surface area contributed by atoms with Crippen LogP contribution in [-0.4, -0.2) is 18.3 Å². The summed E-state index contributed by atoms with van der Waals surface area (Å²) in [5, 5.41) is 3.83. The number of carbonyl (C=O) groups is 1. The first-order chi connectivity index (χ1) is 10.7. The molecule has 0 spiro atoms. The average molecular weight is 388 g/mol. The second-order valence-electron chi connectivity index (χ2n) is 5.81. The number of amides is 1. The number of alkyl halides is 2. The highest BCUT2D eigenvalue weighted by Gasteiger charge is 2.20. The van der Waals surface area contributed by atoms with Crippen molar-refractivity contribution < 1.29 is 23.0 Å². The van der Waals surface area contributed by atoms with Crippen LogP contribution in [0.15, 0.2) is 34.8 Å². The number of nitrogens with one attached hydrogen (secondary N) is 1. The molecule has 0 aliphatic heterocycles. The van der Waals surface area contributed by atoms with Gasteiger partial charge in [0, 0.05) is 9.86 Å². The molecule has 0 aliphatic carbocycles. The molecule has 2 aromatic rings. The van der Waals surface area contributed by atoms with Crippen molar-refractivity contribution in [2.75, 3.05) is 5.32 Å². The number of anilines is 1. The van der Waals surface area contributed by atoms with E-state index in [2.05, 4.69) is 26.0 Å². The number of hydrogen-bond acceptors (Lipinski definition) is 3. The molecular weight excluding hydrogens is 372 g/mol. The Labute approximate surface area is 140 Å². The van der Waals surface area contributed by atoms with Crippen LogP contribution >= 0.6 is 15.9 Å². The molecular formula is C16H16BrF2NO3. The Hall–Kier alpha value is -1.89. The number of ether oxygens (including phenoxy) is 2. The van der Waals surface area contributed by atoms with Crippen molar-refractivity contribution in [2.45, 2.75) is 33.0 Å². The van der Waals surface area contributed by atoms with Gasteiger partial charge in [0.15, 0.2) is 0 Å². The first-order valence-electron chi connectivity index (χ1n) is 6.83. The highest BCUT2D eigenvalue weighted by molar-refractivity contribution is 9.10. The van der Waals surface area contributed by atoms with Crippen LogP contribution in [0.1, 0.15) is 20.8 Å². The Kier molecular flexibility index (Phi) is 5.09. The monoisotopic (exact) mass is 387 g/mol. The van der Waals surface area contributed by atoms with Crippen LogP contribution in [0.3, 0.4) is 0 Å². The number of rotatable bonds is 3. The van der Waals surface area contributed by atoms with Gasteiger partial charge >= 0.3 is 12.7 Å². The van der Waals surface area contributed by atoms with E-state index in [0.29, 0.717) is 5.39 Å². The SMILES string of the molecule is CC(C)(C)OC(=O)Nc1c(OC(F)F)ccc2ccc(Br)cc12. The fraction of sp³-hybridized carbons (Fsp3) is 0.312. The summed E-state index contributed by atoms with van der Waals surface area (Å²) in [7, 11) is 0. The summed E-state index contributed by atoms with van der Waals surface area (Å²) in [6, 6.07) is 8.34. The molecule has 0 saturated carbocycles. The maximum absolute atomic E-state index is 12.6. The standard InChI is InChI=1S/C16H16BrF2NO3/c1-16(2,3)23-15(21)20-13-11-8-10(17)6-4-9(11)5-7-12(13)22-14(18)19/h4-8,14H,1-3H3,(H,20,21). The maximum Gasteiger partial charge on any atom is 0.412 e. The fourth-order valence-corrected chi connectivity index (χ4v) is 2.36. The molecule has 23 heavy (non-hydrogen) atoms. The van der Waals surface area contributed by atoms with Gasteiger partial charge in [-0.25, -0.2) is 4.79 Å². The summed E-state index contributed by atoms with van der Waals surface area (Å²) in [6.45, 7) is 2.13. The highest BCUT2D eigenvalue weighted by atomic mass is 79.9. The summed E-state index contributed by atoms with van der Waals surface area (Å²) < 4.78 is 35.6. The molecule has 0 atom stereocenters. The molecule has 1 amide bonds. The van der Waals surface area contributed by atoms with Gasteiger partial charge in [0.2, 0.25) is 0 Å². The highest BCUT2D eigenvalue weighted by Crippen LogP contribution is 2.36. The summed E-state index contributed by atoms with van der Waals surface area (Å²) in [4.78, 5) is 12.0. The normalized spacial score (nSPS) is 11.6. The Morgan fingerprint density at radius 2 is 1.87 bits per heavy atom. The maximum atomic E-state index is 12.6. The van der Waals surface area contributed by atoms with Crippen molar-refractivity contribution in [1.82, 2.24) is 0 Å². The molecule has 0 saturated heterocycles.